The average molecular weight is 372 g/mol. The number of hydrogen-bond donors (Lipinski definition) is 0. The molecule has 1 amide bonds. The highest BCUT2D eigenvalue weighted by atomic mass is 19.4. The minimum Gasteiger partial charge on any atom is -0.334 e. The maximum atomic E-state index is 13.6. The van der Waals surface area contributed by atoms with E-state index < -0.39 is 49.0 Å². The van der Waals surface area contributed by atoms with Gasteiger partial charge in [-0.1, -0.05) is 0 Å². The highest BCUT2D eigenvalue weighted by Gasteiger charge is 2.84. The predicted octanol–water partition coefficient (Wildman–Crippen LogP) is 2.76. The van der Waals surface area contributed by atoms with Gasteiger partial charge in [-0.2, -0.15) is 39.5 Å². The van der Waals surface area contributed by atoms with E-state index in [1.54, 1.807) is 0 Å². The summed E-state index contributed by atoms with van der Waals surface area (Å²) in [6.45, 7) is -0.181. The van der Waals surface area contributed by atoms with Crippen LogP contribution in [-0.4, -0.2) is 71.9 Å². The second-order valence-electron chi connectivity index (χ2n) is 5.80. The number of amides is 1. The lowest BCUT2D eigenvalue weighted by atomic mass is 10.0. The minimum atomic E-state index is -7.05. The van der Waals surface area contributed by atoms with Crippen molar-refractivity contribution in [2.24, 2.45) is 0 Å². The Labute approximate surface area is 130 Å². The van der Waals surface area contributed by atoms with E-state index in [0.29, 0.717) is 19.4 Å². The van der Waals surface area contributed by atoms with Gasteiger partial charge in [0.2, 0.25) is 0 Å². The van der Waals surface area contributed by atoms with Crippen LogP contribution in [0.15, 0.2) is 0 Å². The first-order chi connectivity index (χ1) is 10.7. The van der Waals surface area contributed by atoms with E-state index in [4.69, 9.17) is 0 Å². The molecule has 0 bridgehead atoms. The van der Waals surface area contributed by atoms with Crippen molar-refractivity contribution in [2.45, 2.75) is 42.8 Å². The summed E-state index contributed by atoms with van der Waals surface area (Å²) in [5, 5.41) is 0. The maximum Gasteiger partial charge on any atom is 0.460 e. The number of hydrogen-bond acceptors (Lipinski definition) is 2. The SMILES string of the molecule is O=C(N1CCN2CCC[C@@H]2C1)C(F)(F)C(F)(F)C(F)(F)C(F)(F)F. The molecule has 0 aromatic carbocycles. The number of fused-ring (bicyclic) bond motifs is 1. The first-order valence-corrected chi connectivity index (χ1v) is 6.97. The molecule has 0 aromatic heterocycles. The van der Waals surface area contributed by atoms with Crippen molar-refractivity contribution < 1.29 is 44.3 Å². The van der Waals surface area contributed by atoms with Gasteiger partial charge < -0.3 is 4.90 Å². The van der Waals surface area contributed by atoms with E-state index in [9.17, 15) is 44.3 Å². The molecule has 12 heteroatoms. The van der Waals surface area contributed by atoms with Crippen LogP contribution in [0.5, 0.6) is 0 Å². The van der Waals surface area contributed by atoms with Gasteiger partial charge in [-0.25, -0.2) is 0 Å². The van der Waals surface area contributed by atoms with Crippen LogP contribution in [0.4, 0.5) is 39.5 Å². The van der Waals surface area contributed by atoms with Crippen molar-refractivity contribution >= 4 is 5.91 Å². The highest BCUT2D eigenvalue weighted by molar-refractivity contribution is 5.85. The molecule has 1 atom stereocenters. The zero-order chi connectivity index (χ0) is 18.6. The molecule has 3 nitrogen and oxygen atoms in total. The van der Waals surface area contributed by atoms with Crippen molar-refractivity contribution in [3.8, 4) is 0 Å². The fourth-order valence-electron chi connectivity index (χ4n) is 2.88. The number of carbonyl (C=O) groups excluding carboxylic acids is 1. The molecule has 2 fully saturated rings. The summed E-state index contributed by atoms with van der Waals surface area (Å²) in [6, 6.07) is -0.393. The van der Waals surface area contributed by atoms with Gasteiger partial charge in [0.05, 0.1) is 0 Å². The van der Waals surface area contributed by atoms with Crippen LogP contribution in [0.25, 0.3) is 0 Å². The molecule has 0 aromatic rings. The molecule has 0 saturated carbocycles. The van der Waals surface area contributed by atoms with Crippen molar-refractivity contribution in [1.29, 1.82) is 0 Å². The number of alkyl halides is 9. The number of carbonyl (C=O) groups is 1. The summed E-state index contributed by atoms with van der Waals surface area (Å²) in [6.07, 6.45) is -5.75. The molecule has 2 heterocycles. The minimum absolute atomic E-state index is 0.0632. The van der Waals surface area contributed by atoms with Gasteiger partial charge in [0.15, 0.2) is 0 Å². The van der Waals surface area contributed by atoms with Crippen LogP contribution in [-0.2, 0) is 4.79 Å². The van der Waals surface area contributed by atoms with Gasteiger partial charge in [-0.3, -0.25) is 9.69 Å². The van der Waals surface area contributed by atoms with Crippen LogP contribution < -0.4 is 0 Å². The van der Waals surface area contributed by atoms with Crippen molar-refractivity contribution in [2.75, 3.05) is 26.2 Å². The van der Waals surface area contributed by atoms with E-state index in [1.807, 2.05) is 4.90 Å². The van der Waals surface area contributed by atoms with Crippen LogP contribution in [0.2, 0.25) is 0 Å². The molecule has 0 radical (unpaired) electrons. The quantitative estimate of drug-likeness (QED) is 0.712. The molecule has 0 unspecified atom stereocenters. The number of halogens is 9. The van der Waals surface area contributed by atoms with Crippen LogP contribution in [0.1, 0.15) is 12.8 Å². The molecule has 140 valence electrons. The Bertz CT molecular complexity index is 505. The molecular weight excluding hydrogens is 359 g/mol. The lowest BCUT2D eigenvalue weighted by molar-refractivity contribution is -0.389. The largest absolute Gasteiger partial charge is 0.460 e. The first kappa shape index (κ1) is 19.1. The van der Waals surface area contributed by atoms with Crippen molar-refractivity contribution in [3.63, 3.8) is 0 Å². The third-order valence-electron chi connectivity index (χ3n) is 4.29. The topological polar surface area (TPSA) is 23.6 Å². The molecule has 2 saturated heterocycles. The Morgan fingerprint density at radius 1 is 0.833 bits per heavy atom. The van der Waals surface area contributed by atoms with Gasteiger partial charge in [0.25, 0.3) is 5.91 Å². The zero-order valence-electron chi connectivity index (χ0n) is 12.0. The first-order valence-electron chi connectivity index (χ1n) is 6.97. The van der Waals surface area contributed by atoms with Crippen LogP contribution in [0.3, 0.4) is 0 Å². The Morgan fingerprint density at radius 3 is 1.96 bits per heavy atom. The Morgan fingerprint density at radius 2 is 1.42 bits per heavy atom. The van der Waals surface area contributed by atoms with Gasteiger partial charge in [-0.05, 0) is 19.4 Å². The summed E-state index contributed by atoms with van der Waals surface area (Å²) in [7, 11) is 0. The lowest BCUT2D eigenvalue weighted by Crippen LogP contribution is -2.67. The van der Waals surface area contributed by atoms with Crippen LogP contribution in [0, 0.1) is 0 Å². The van der Waals surface area contributed by atoms with Crippen molar-refractivity contribution in [3.05, 3.63) is 0 Å². The van der Waals surface area contributed by atoms with E-state index >= 15 is 0 Å². The van der Waals surface area contributed by atoms with Crippen LogP contribution >= 0.6 is 0 Å². The van der Waals surface area contributed by atoms with Gasteiger partial charge >= 0.3 is 23.9 Å². The maximum absolute atomic E-state index is 13.6. The third kappa shape index (κ3) is 2.72. The van der Waals surface area contributed by atoms with E-state index in [-0.39, 0.29) is 11.4 Å². The Balaban J connectivity index is 2.23. The summed E-state index contributed by atoms with van der Waals surface area (Å²) >= 11 is 0. The summed E-state index contributed by atoms with van der Waals surface area (Å²) in [5.74, 6) is -22.9. The predicted molar refractivity (Wildman–Crippen MR) is 62.1 cm³/mol. The third-order valence-corrected chi connectivity index (χ3v) is 4.29. The fourth-order valence-corrected chi connectivity index (χ4v) is 2.88. The monoisotopic (exact) mass is 372 g/mol. The molecule has 2 rings (SSSR count). The molecular formula is C12H13F9N2O. The zero-order valence-corrected chi connectivity index (χ0v) is 12.0. The molecule has 2 aliphatic heterocycles. The van der Waals surface area contributed by atoms with Crippen molar-refractivity contribution in [1.82, 2.24) is 9.80 Å². The second-order valence-corrected chi connectivity index (χ2v) is 5.80. The summed E-state index contributed by atoms with van der Waals surface area (Å²) in [4.78, 5) is 13.6. The summed E-state index contributed by atoms with van der Waals surface area (Å²) in [5.41, 5.74) is 0. The van der Waals surface area contributed by atoms with Gasteiger partial charge in [-0.15, -0.1) is 0 Å². The smallest absolute Gasteiger partial charge is 0.334 e. The Hall–Kier alpha value is -1.20. The number of nitrogens with zero attached hydrogens (tertiary/aromatic N) is 2. The molecule has 2 aliphatic rings. The highest BCUT2D eigenvalue weighted by Crippen LogP contribution is 2.53. The van der Waals surface area contributed by atoms with Gasteiger partial charge in [0, 0.05) is 25.7 Å². The second kappa shape index (κ2) is 5.67. The lowest BCUT2D eigenvalue weighted by Gasteiger charge is -2.40. The Kier molecular flexibility index (Phi) is 4.52. The van der Waals surface area contributed by atoms with E-state index in [0.717, 1.165) is 0 Å². The molecule has 0 N–H and O–H groups in total. The summed E-state index contributed by atoms with van der Waals surface area (Å²) < 4.78 is 116. The molecule has 0 spiro atoms. The fraction of sp³-hybridized carbons (Fsp3) is 0.917. The number of piperazine rings is 1. The van der Waals surface area contributed by atoms with Gasteiger partial charge in [0.1, 0.15) is 0 Å². The average Bonchev–Trinajstić information content (AvgIpc) is 2.91. The normalized spacial score (nSPS) is 24.2. The number of rotatable bonds is 3. The molecule has 0 aliphatic carbocycles. The van der Waals surface area contributed by atoms with E-state index in [2.05, 4.69) is 0 Å². The standard InChI is InChI=1S/C12H13F9N2O/c13-9(14,10(15,16)11(17,18)12(19,20)21)8(24)23-5-4-22-3-1-2-7(22)6-23/h7H,1-6H2/t7-/m1/s1. The van der Waals surface area contributed by atoms with E-state index in [1.165, 1.54) is 0 Å². The molecule has 24 heavy (non-hydrogen) atoms.